The Morgan fingerprint density at radius 1 is 0.491 bits per heavy atom. The number of aromatic nitrogens is 2. The van der Waals surface area contributed by atoms with E-state index in [1.807, 2.05) is 0 Å². The van der Waals surface area contributed by atoms with Crippen molar-refractivity contribution in [2.24, 2.45) is 0 Å². The topological polar surface area (TPSA) is 31.0 Å². The van der Waals surface area contributed by atoms with Crippen molar-refractivity contribution >= 4 is 43.7 Å². The van der Waals surface area contributed by atoms with Crippen LogP contribution < -0.4 is 0 Å². The summed E-state index contributed by atoms with van der Waals surface area (Å²) in [6.07, 6.45) is 0. The van der Waals surface area contributed by atoms with Crippen LogP contribution in [0.25, 0.3) is 94.2 Å². The van der Waals surface area contributed by atoms with Crippen LogP contribution in [0.15, 0.2) is 174 Å². The van der Waals surface area contributed by atoms with Crippen LogP contribution >= 0.6 is 0 Å². The molecule has 1 aliphatic carbocycles. The lowest BCUT2D eigenvalue weighted by atomic mass is 9.81. The fraction of sp³-hybridized carbons (Fsp3) is 0.0600. The zero-order chi connectivity index (χ0) is 35.3. The molecule has 53 heavy (non-hydrogen) atoms. The zero-order valence-electron chi connectivity index (χ0n) is 29.5. The van der Waals surface area contributed by atoms with Gasteiger partial charge in [-0.1, -0.05) is 147 Å². The van der Waals surface area contributed by atoms with Gasteiger partial charge < -0.3 is 4.42 Å². The molecular weight excluding hydrogens is 645 g/mol. The summed E-state index contributed by atoms with van der Waals surface area (Å²) in [7, 11) is 0. The predicted molar refractivity (Wildman–Crippen MR) is 220 cm³/mol. The molecule has 0 bridgehead atoms. The molecule has 3 nitrogen and oxygen atoms in total. The number of hydrogen-bond acceptors (Lipinski definition) is 2. The molecule has 0 saturated carbocycles. The number of hydrogen-bond donors (Lipinski definition) is 0. The van der Waals surface area contributed by atoms with Gasteiger partial charge in [-0.3, -0.25) is 4.57 Å². The van der Waals surface area contributed by atoms with E-state index in [0.717, 1.165) is 71.9 Å². The highest BCUT2D eigenvalue weighted by Gasteiger charge is 2.35. The number of furan rings is 1. The van der Waals surface area contributed by atoms with Gasteiger partial charge in [0.1, 0.15) is 11.4 Å². The van der Waals surface area contributed by atoms with E-state index in [1.165, 1.54) is 33.4 Å². The highest BCUT2D eigenvalue weighted by atomic mass is 16.3. The zero-order valence-corrected chi connectivity index (χ0v) is 29.5. The number of nitrogens with zero attached hydrogens (tertiary/aromatic N) is 2. The van der Waals surface area contributed by atoms with Gasteiger partial charge in [-0.2, -0.15) is 0 Å². The van der Waals surface area contributed by atoms with Gasteiger partial charge in [0, 0.05) is 32.5 Å². The smallest absolute Gasteiger partial charge is 0.160 e. The summed E-state index contributed by atoms with van der Waals surface area (Å²) in [5.41, 5.74) is 15.7. The summed E-state index contributed by atoms with van der Waals surface area (Å²) in [6.45, 7) is 4.71. The normalized spacial score (nSPS) is 13.2. The summed E-state index contributed by atoms with van der Waals surface area (Å²) >= 11 is 0. The number of rotatable bonds is 4. The second-order valence-corrected chi connectivity index (χ2v) is 14.7. The van der Waals surface area contributed by atoms with E-state index >= 15 is 0 Å². The number of para-hydroxylation sites is 2. The van der Waals surface area contributed by atoms with Crippen molar-refractivity contribution in [3.63, 3.8) is 0 Å². The average Bonchev–Trinajstić information content (AvgIpc) is 3.84. The Bertz CT molecular complexity index is 3020. The second kappa shape index (κ2) is 11.1. The third-order valence-electron chi connectivity index (χ3n) is 11.4. The van der Waals surface area contributed by atoms with Crippen molar-refractivity contribution in [1.29, 1.82) is 0 Å². The fourth-order valence-electron chi connectivity index (χ4n) is 8.85. The summed E-state index contributed by atoms with van der Waals surface area (Å²) in [4.78, 5) is 5.45. The molecule has 3 heterocycles. The van der Waals surface area contributed by atoms with Gasteiger partial charge in [0.05, 0.1) is 16.7 Å². The second-order valence-electron chi connectivity index (χ2n) is 14.7. The minimum absolute atomic E-state index is 0.114. The quantitative estimate of drug-likeness (QED) is 0.185. The predicted octanol–water partition coefficient (Wildman–Crippen LogP) is 13.4. The van der Waals surface area contributed by atoms with Gasteiger partial charge in [0.15, 0.2) is 5.58 Å². The van der Waals surface area contributed by atoms with Crippen LogP contribution in [0.5, 0.6) is 0 Å². The number of benzene rings is 7. The van der Waals surface area contributed by atoms with Crippen molar-refractivity contribution in [3.05, 3.63) is 181 Å². The molecule has 3 heteroatoms. The molecule has 0 aliphatic heterocycles. The Morgan fingerprint density at radius 3 is 2.00 bits per heavy atom. The highest BCUT2D eigenvalue weighted by Crippen LogP contribution is 2.51. The lowest BCUT2D eigenvalue weighted by Gasteiger charge is -2.22. The molecule has 0 saturated heterocycles. The molecule has 11 rings (SSSR count). The highest BCUT2D eigenvalue weighted by molar-refractivity contribution is 6.26. The summed E-state index contributed by atoms with van der Waals surface area (Å²) in [6, 6.07) is 60.9. The van der Waals surface area contributed by atoms with Crippen LogP contribution in [0.3, 0.4) is 0 Å². The first kappa shape index (κ1) is 30.0. The monoisotopic (exact) mass is 678 g/mol. The maximum Gasteiger partial charge on any atom is 0.160 e. The molecule has 0 radical (unpaired) electrons. The first-order valence-corrected chi connectivity index (χ1v) is 18.3. The third kappa shape index (κ3) is 4.37. The average molecular weight is 679 g/mol. The maximum atomic E-state index is 6.88. The molecule has 7 aromatic carbocycles. The maximum absolute atomic E-state index is 6.88. The Morgan fingerprint density at radius 2 is 1.17 bits per heavy atom. The standard InChI is InChI=1S/C50H34N2O/c1-50(2)41-22-12-9-19-35(41)36-26-25-33(27-42(36)50)39-30-40-37-20-11-14-24-45(37)53-49(40)48-47(39)38-21-10-13-23-44(38)52(48)46-29-34(31-15-5-3-6-16-31)28-43(51-46)32-17-7-4-8-18-32/h3-30H,1-2H3. The van der Waals surface area contributed by atoms with E-state index in [0.29, 0.717) is 0 Å². The minimum atomic E-state index is -0.114. The molecule has 250 valence electrons. The molecule has 0 N–H and O–H groups in total. The van der Waals surface area contributed by atoms with Crippen LogP contribution in [0, 0.1) is 0 Å². The molecule has 0 spiro atoms. The molecule has 3 aromatic heterocycles. The van der Waals surface area contributed by atoms with E-state index < -0.39 is 0 Å². The van der Waals surface area contributed by atoms with Gasteiger partial charge in [0.2, 0.25) is 0 Å². The molecule has 1 aliphatic rings. The first-order valence-electron chi connectivity index (χ1n) is 18.3. The van der Waals surface area contributed by atoms with Crippen molar-refractivity contribution in [2.75, 3.05) is 0 Å². The molecule has 10 aromatic rings. The van der Waals surface area contributed by atoms with E-state index in [-0.39, 0.29) is 5.41 Å². The third-order valence-corrected chi connectivity index (χ3v) is 11.4. The summed E-state index contributed by atoms with van der Waals surface area (Å²) < 4.78 is 9.22. The molecule has 0 atom stereocenters. The molecule has 0 unspecified atom stereocenters. The van der Waals surface area contributed by atoms with Crippen LogP contribution in [0.1, 0.15) is 25.0 Å². The number of pyridine rings is 1. The Balaban J connectivity index is 1.27. The van der Waals surface area contributed by atoms with Crippen molar-refractivity contribution in [1.82, 2.24) is 9.55 Å². The fourth-order valence-corrected chi connectivity index (χ4v) is 8.85. The van der Waals surface area contributed by atoms with E-state index in [1.54, 1.807) is 0 Å². The van der Waals surface area contributed by atoms with Crippen LogP contribution in [-0.4, -0.2) is 9.55 Å². The van der Waals surface area contributed by atoms with Gasteiger partial charge in [-0.05, 0) is 80.9 Å². The first-order chi connectivity index (χ1) is 26.0. The largest absolute Gasteiger partial charge is 0.454 e. The van der Waals surface area contributed by atoms with Gasteiger partial charge in [0.25, 0.3) is 0 Å². The Kier molecular flexibility index (Phi) is 6.30. The van der Waals surface area contributed by atoms with Crippen LogP contribution in [0.2, 0.25) is 0 Å². The van der Waals surface area contributed by atoms with Crippen molar-refractivity contribution in [3.8, 4) is 50.5 Å². The Hall–Kier alpha value is -6.71. The van der Waals surface area contributed by atoms with Crippen LogP contribution in [0.4, 0.5) is 0 Å². The van der Waals surface area contributed by atoms with Gasteiger partial charge >= 0.3 is 0 Å². The molecule has 0 amide bonds. The van der Waals surface area contributed by atoms with E-state index in [4.69, 9.17) is 9.40 Å². The lowest BCUT2D eigenvalue weighted by molar-refractivity contribution is 0.660. The Labute approximate surface area is 307 Å². The van der Waals surface area contributed by atoms with Gasteiger partial charge in [-0.15, -0.1) is 0 Å². The minimum Gasteiger partial charge on any atom is -0.454 e. The van der Waals surface area contributed by atoms with Crippen molar-refractivity contribution < 1.29 is 4.42 Å². The summed E-state index contributed by atoms with van der Waals surface area (Å²) in [5, 5.41) is 4.52. The lowest BCUT2D eigenvalue weighted by Crippen LogP contribution is -2.14. The van der Waals surface area contributed by atoms with Gasteiger partial charge in [-0.25, -0.2) is 4.98 Å². The number of fused-ring (bicyclic) bond motifs is 10. The molecular formula is C50H34N2O. The van der Waals surface area contributed by atoms with Crippen LogP contribution in [-0.2, 0) is 5.41 Å². The SMILES string of the molecule is CC1(C)c2ccccc2-c2ccc(-c3cc4c5ccccc5oc4c4c3c3ccccc3n4-c3cc(-c4ccccc4)cc(-c4ccccc4)n3)cc21. The van der Waals surface area contributed by atoms with Crippen molar-refractivity contribution in [2.45, 2.75) is 19.3 Å². The van der Waals surface area contributed by atoms with E-state index in [9.17, 15) is 0 Å². The molecule has 0 fully saturated rings. The summed E-state index contributed by atoms with van der Waals surface area (Å²) in [5.74, 6) is 0.848. The van der Waals surface area contributed by atoms with E-state index in [2.05, 4.69) is 188 Å².